The molecule has 0 radical (unpaired) electrons. The van der Waals surface area contributed by atoms with Gasteiger partial charge < -0.3 is 15.8 Å². The van der Waals surface area contributed by atoms with E-state index in [-0.39, 0.29) is 11.6 Å². The fourth-order valence-corrected chi connectivity index (χ4v) is 1.21. The second-order valence-corrected chi connectivity index (χ2v) is 4.73. The molecule has 1 aromatic rings. The van der Waals surface area contributed by atoms with Gasteiger partial charge in [0.2, 0.25) is 0 Å². The molecule has 0 aliphatic heterocycles. The first-order valence-electron chi connectivity index (χ1n) is 5.54. The average Bonchev–Trinajstić information content (AvgIpc) is 2.20. The molecule has 4 nitrogen and oxygen atoms in total. The molecular formula is C12H21N3O. The largest absolute Gasteiger partial charge is 0.487 e. The van der Waals surface area contributed by atoms with Crippen LogP contribution in [-0.2, 0) is 0 Å². The van der Waals surface area contributed by atoms with Crippen LogP contribution in [0.3, 0.4) is 0 Å². The van der Waals surface area contributed by atoms with E-state index in [1.165, 1.54) is 0 Å². The lowest BCUT2D eigenvalue weighted by Crippen LogP contribution is -2.39. The summed E-state index contributed by atoms with van der Waals surface area (Å²) in [7, 11) is 0. The lowest BCUT2D eigenvalue weighted by Gasteiger charge is -2.26. The molecule has 0 spiro atoms. The molecule has 0 atom stereocenters. The van der Waals surface area contributed by atoms with Crippen molar-refractivity contribution in [1.82, 2.24) is 4.98 Å². The molecule has 0 fully saturated rings. The molecule has 0 amide bonds. The highest BCUT2D eigenvalue weighted by Crippen LogP contribution is 2.24. The van der Waals surface area contributed by atoms with Crippen LogP contribution in [0.25, 0.3) is 0 Å². The normalized spacial score (nSPS) is 11.6. The van der Waals surface area contributed by atoms with Gasteiger partial charge in [-0.15, -0.1) is 0 Å². The molecular weight excluding hydrogens is 202 g/mol. The molecule has 0 aliphatic rings. The van der Waals surface area contributed by atoms with Gasteiger partial charge in [0.25, 0.3) is 0 Å². The second-order valence-electron chi connectivity index (χ2n) is 4.73. The van der Waals surface area contributed by atoms with E-state index >= 15 is 0 Å². The van der Waals surface area contributed by atoms with Crippen LogP contribution in [0.1, 0.15) is 27.7 Å². The van der Waals surface area contributed by atoms with Crippen LogP contribution >= 0.6 is 0 Å². The zero-order valence-corrected chi connectivity index (χ0v) is 10.4. The topological polar surface area (TPSA) is 60.2 Å². The van der Waals surface area contributed by atoms with Gasteiger partial charge in [-0.3, -0.25) is 0 Å². The summed E-state index contributed by atoms with van der Waals surface area (Å²) in [5, 5.41) is 3.28. The average molecular weight is 223 g/mol. The minimum Gasteiger partial charge on any atom is -0.487 e. The summed E-state index contributed by atoms with van der Waals surface area (Å²) in [6.45, 7) is 8.57. The smallest absolute Gasteiger partial charge is 0.169 e. The van der Waals surface area contributed by atoms with E-state index in [0.717, 1.165) is 11.6 Å². The van der Waals surface area contributed by atoms with Gasteiger partial charge >= 0.3 is 0 Å². The minimum absolute atomic E-state index is 0.130. The number of hydrogen-bond acceptors (Lipinski definition) is 4. The maximum Gasteiger partial charge on any atom is 0.169 e. The number of nitrogens with one attached hydrogen (secondary N) is 1. The highest BCUT2D eigenvalue weighted by atomic mass is 16.5. The second kappa shape index (κ2) is 5.16. The summed E-state index contributed by atoms with van der Waals surface area (Å²) in [5.74, 6) is 1.51. The van der Waals surface area contributed by atoms with Crippen LogP contribution in [0.4, 0.5) is 5.82 Å². The fourth-order valence-electron chi connectivity index (χ4n) is 1.21. The van der Waals surface area contributed by atoms with Crippen LogP contribution in [0, 0.1) is 0 Å². The maximum absolute atomic E-state index is 5.67. The number of ether oxygens (including phenoxy) is 1. The SMILES string of the molecule is CC(C)Oc1cccnc1NC(C)(C)CN. The van der Waals surface area contributed by atoms with Crippen LogP contribution in [-0.4, -0.2) is 23.2 Å². The third kappa shape index (κ3) is 3.70. The Hall–Kier alpha value is -1.29. The van der Waals surface area contributed by atoms with Crippen molar-refractivity contribution < 1.29 is 4.74 Å². The Morgan fingerprint density at radius 2 is 2.19 bits per heavy atom. The monoisotopic (exact) mass is 223 g/mol. The van der Waals surface area contributed by atoms with E-state index < -0.39 is 0 Å². The van der Waals surface area contributed by atoms with E-state index in [2.05, 4.69) is 10.3 Å². The standard InChI is InChI=1S/C12H21N3O/c1-9(2)16-10-6-5-7-14-11(10)15-12(3,4)8-13/h5-7,9H,8,13H2,1-4H3,(H,14,15). The van der Waals surface area contributed by atoms with Gasteiger partial charge in [0, 0.05) is 18.3 Å². The maximum atomic E-state index is 5.67. The Bertz CT molecular complexity index is 337. The van der Waals surface area contributed by atoms with Crippen molar-refractivity contribution in [3.63, 3.8) is 0 Å². The molecule has 0 aromatic carbocycles. The molecule has 1 rings (SSSR count). The summed E-state index contributed by atoms with van der Waals surface area (Å²) in [5.41, 5.74) is 5.48. The Kier molecular flexibility index (Phi) is 4.12. The van der Waals surface area contributed by atoms with Crippen LogP contribution in [0.5, 0.6) is 5.75 Å². The molecule has 0 bridgehead atoms. The predicted molar refractivity (Wildman–Crippen MR) is 66.8 cm³/mol. The third-order valence-electron chi connectivity index (χ3n) is 2.10. The molecule has 0 saturated carbocycles. The number of nitrogens with two attached hydrogens (primary N) is 1. The Balaban J connectivity index is 2.86. The van der Waals surface area contributed by atoms with Crippen molar-refractivity contribution in [2.75, 3.05) is 11.9 Å². The van der Waals surface area contributed by atoms with Crippen LogP contribution in [0.2, 0.25) is 0 Å². The molecule has 1 heterocycles. The summed E-state index contributed by atoms with van der Waals surface area (Å²) in [6.07, 6.45) is 1.87. The van der Waals surface area contributed by atoms with E-state index in [1.54, 1.807) is 6.20 Å². The molecule has 0 aliphatic carbocycles. The number of nitrogens with zero attached hydrogens (tertiary/aromatic N) is 1. The first-order valence-corrected chi connectivity index (χ1v) is 5.54. The number of anilines is 1. The van der Waals surface area contributed by atoms with Gasteiger partial charge in [0.05, 0.1) is 6.10 Å². The molecule has 4 heteroatoms. The van der Waals surface area contributed by atoms with Gasteiger partial charge in [-0.05, 0) is 39.8 Å². The molecule has 3 N–H and O–H groups in total. The third-order valence-corrected chi connectivity index (χ3v) is 2.10. The first kappa shape index (κ1) is 12.8. The van der Waals surface area contributed by atoms with Gasteiger partial charge in [0.15, 0.2) is 11.6 Å². The van der Waals surface area contributed by atoms with Gasteiger partial charge in [-0.1, -0.05) is 0 Å². The molecule has 16 heavy (non-hydrogen) atoms. The molecule has 0 saturated heterocycles. The quantitative estimate of drug-likeness (QED) is 0.801. The van der Waals surface area contributed by atoms with Crippen molar-refractivity contribution in [3.8, 4) is 5.75 Å². The van der Waals surface area contributed by atoms with E-state index in [0.29, 0.717) is 6.54 Å². The number of pyridine rings is 1. The van der Waals surface area contributed by atoms with Gasteiger partial charge in [-0.25, -0.2) is 4.98 Å². The fraction of sp³-hybridized carbons (Fsp3) is 0.583. The van der Waals surface area contributed by atoms with Gasteiger partial charge in [0.1, 0.15) is 0 Å². The zero-order chi connectivity index (χ0) is 12.2. The molecule has 90 valence electrons. The van der Waals surface area contributed by atoms with E-state index in [4.69, 9.17) is 10.5 Å². The minimum atomic E-state index is -0.191. The van der Waals surface area contributed by atoms with Crippen molar-refractivity contribution in [2.45, 2.75) is 39.3 Å². The number of hydrogen-bond donors (Lipinski definition) is 2. The summed E-state index contributed by atoms with van der Waals surface area (Å²) in [4.78, 5) is 4.27. The highest BCUT2D eigenvalue weighted by molar-refractivity contribution is 5.51. The molecule has 0 unspecified atom stereocenters. The number of aromatic nitrogens is 1. The van der Waals surface area contributed by atoms with Crippen LogP contribution in [0.15, 0.2) is 18.3 Å². The lowest BCUT2D eigenvalue weighted by atomic mass is 10.1. The Labute approximate surface area is 97.2 Å². The lowest BCUT2D eigenvalue weighted by molar-refractivity contribution is 0.242. The molecule has 1 aromatic heterocycles. The summed E-state index contributed by atoms with van der Waals surface area (Å²) < 4.78 is 5.67. The predicted octanol–water partition coefficient (Wildman–Crippen LogP) is 2.02. The zero-order valence-electron chi connectivity index (χ0n) is 10.4. The Morgan fingerprint density at radius 3 is 2.75 bits per heavy atom. The van der Waals surface area contributed by atoms with Gasteiger partial charge in [-0.2, -0.15) is 0 Å². The summed E-state index contributed by atoms with van der Waals surface area (Å²) >= 11 is 0. The first-order chi connectivity index (χ1) is 7.44. The number of rotatable bonds is 5. The van der Waals surface area contributed by atoms with Crippen molar-refractivity contribution in [1.29, 1.82) is 0 Å². The van der Waals surface area contributed by atoms with Crippen molar-refractivity contribution in [2.24, 2.45) is 5.73 Å². The van der Waals surface area contributed by atoms with Crippen LogP contribution < -0.4 is 15.8 Å². The van der Waals surface area contributed by atoms with Crippen molar-refractivity contribution in [3.05, 3.63) is 18.3 Å². The highest BCUT2D eigenvalue weighted by Gasteiger charge is 2.18. The van der Waals surface area contributed by atoms with E-state index in [9.17, 15) is 0 Å². The van der Waals surface area contributed by atoms with Crippen molar-refractivity contribution >= 4 is 5.82 Å². The van der Waals surface area contributed by atoms with E-state index in [1.807, 2.05) is 39.8 Å². The summed E-state index contributed by atoms with van der Waals surface area (Å²) in [6, 6.07) is 3.76. The Morgan fingerprint density at radius 1 is 1.50 bits per heavy atom.